The van der Waals surface area contributed by atoms with Crippen molar-refractivity contribution in [2.45, 2.75) is 13.5 Å². The molecular weight excluding hydrogens is 366 g/mol. The molecule has 1 aromatic rings. The van der Waals surface area contributed by atoms with E-state index < -0.39 is 0 Å². The summed E-state index contributed by atoms with van der Waals surface area (Å²) >= 11 is 4.53. The van der Waals surface area contributed by atoms with Gasteiger partial charge in [0.2, 0.25) is 0 Å². The van der Waals surface area contributed by atoms with Crippen molar-refractivity contribution in [3.05, 3.63) is 30.4 Å². The van der Waals surface area contributed by atoms with Crippen LogP contribution in [0.3, 0.4) is 0 Å². The van der Waals surface area contributed by atoms with Crippen LogP contribution in [0, 0.1) is 14.1 Å². The highest BCUT2D eigenvalue weighted by atomic mass is 127. The molecule has 1 aromatic carbocycles. The van der Waals surface area contributed by atoms with Crippen LogP contribution in [0.2, 0.25) is 0 Å². The maximum atomic E-state index is 8.96. The van der Waals surface area contributed by atoms with Crippen LogP contribution in [0.5, 0.6) is 0 Å². The number of halogens is 2. The van der Waals surface area contributed by atoms with Crippen molar-refractivity contribution in [2.75, 3.05) is 0 Å². The fraction of sp³-hybridized carbons (Fsp3) is 0.250. The first kappa shape index (κ1) is 9.73. The molecule has 0 atom stereocenters. The zero-order valence-corrected chi connectivity index (χ0v) is 10.4. The second kappa shape index (κ2) is 4.04. The first-order valence-corrected chi connectivity index (χ1v) is 5.36. The Balaban J connectivity index is 3.24. The van der Waals surface area contributed by atoms with Crippen molar-refractivity contribution in [3.63, 3.8) is 0 Å². The van der Waals surface area contributed by atoms with E-state index >= 15 is 0 Å². The van der Waals surface area contributed by atoms with E-state index in [4.69, 9.17) is 5.11 Å². The van der Waals surface area contributed by atoms with Gasteiger partial charge in [-0.05, 0) is 69.3 Å². The molecule has 0 radical (unpaired) electrons. The lowest BCUT2D eigenvalue weighted by molar-refractivity contribution is 0.281. The maximum Gasteiger partial charge on any atom is 0.0692 e. The molecule has 3 heteroatoms. The third-order valence-electron chi connectivity index (χ3n) is 1.42. The zero-order valence-electron chi connectivity index (χ0n) is 6.06. The Bertz CT molecular complexity index is 271. The predicted octanol–water partition coefficient (Wildman–Crippen LogP) is 2.70. The number of hydrogen-bond acceptors (Lipinski definition) is 1. The van der Waals surface area contributed by atoms with Gasteiger partial charge in [-0.1, -0.05) is 6.07 Å². The van der Waals surface area contributed by atoms with E-state index in [9.17, 15) is 0 Å². The minimum Gasteiger partial charge on any atom is -0.392 e. The van der Waals surface area contributed by atoms with Crippen LogP contribution in [0.4, 0.5) is 0 Å². The molecule has 11 heavy (non-hydrogen) atoms. The fourth-order valence-electron chi connectivity index (χ4n) is 0.912. The van der Waals surface area contributed by atoms with Crippen molar-refractivity contribution in [2.24, 2.45) is 0 Å². The molecule has 0 saturated heterocycles. The monoisotopic (exact) mass is 374 g/mol. The Hall–Kier alpha value is 0.640. The van der Waals surface area contributed by atoms with E-state index in [1.165, 1.54) is 9.13 Å². The van der Waals surface area contributed by atoms with Gasteiger partial charge in [0.25, 0.3) is 0 Å². The summed E-state index contributed by atoms with van der Waals surface area (Å²) in [5, 5.41) is 8.96. The molecule has 0 spiro atoms. The quantitative estimate of drug-likeness (QED) is 0.750. The van der Waals surface area contributed by atoms with E-state index in [-0.39, 0.29) is 6.61 Å². The normalized spacial score (nSPS) is 10.2. The average molecular weight is 374 g/mol. The lowest BCUT2D eigenvalue weighted by Crippen LogP contribution is -1.92. The molecule has 60 valence electrons. The second-order valence-electron chi connectivity index (χ2n) is 2.38. The topological polar surface area (TPSA) is 20.2 Å². The molecule has 0 aliphatic carbocycles. The summed E-state index contributed by atoms with van der Waals surface area (Å²) < 4.78 is 2.38. The maximum absolute atomic E-state index is 8.96. The Morgan fingerprint density at radius 1 is 1.36 bits per heavy atom. The third kappa shape index (κ3) is 2.29. The summed E-state index contributed by atoms with van der Waals surface area (Å²) in [5.41, 5.74) is 2.23. The Morgan fingerprint density at radius 2 is 2.00 bits per heavy atom. The molecule has 0 aromatic heterocycles. The number of aliphatic hydroxyl groups excluding tert-OH is 1. The van der Waals surface area contributed by atoms with Gasteiger partial charge in [-0.15, -0.1) is 0 Å². The summed E-state index contributed by atoms with van der Waals surface area (Å²) in [4.78, 5) is 0. The van der Waals surface area contributed by atoms with Crippen LogP contribution < -0.4 is 0 Å². The molecule has 0 heterocycles. The van der Waals surface area contributed by atoms with Crippen LogP contribution >= 0.6 is 45.2 Å². The number of rotatable bonds is 1. The Labute approximate surface area is 93.5 Å². The summed E-state index contributed by atoms with van der Waals surface area (Å²) in [6.07, 6.45) is 0. The molecule has 1 N–H and O–H groups in total. The minimum absolute atomic E-state index is 0.135. The second-order valence-corrected chi connectivity index (χ2v) is 4.62. The van der Waals surface area contributed by atoms with Crippen LogP contribution in [-0.4, -0.2) is 5.11 Å². The molecule has 0 bridgehead atoms. The largest absolute Gasteiger partial charge is 0.392 e. The number of aliphatic hydroxyl groups is 1. The van der Waals surface area contributed by atoms with Crippen LogP contribution in [-0.2, 0) is 6.61 Å². The fourth-order valence-corrected chi connectivity index (χ4v) is 2.23. The molecule has 0 amide bonds. The zero-order chi connectivity index (χ0) is 8.43. The van der Waals surface area contributed by atoms with Crippen LogP contribution in [0.1, 0.15) is 11.1 Å². The van der Waals surface area contributed by atoms with Gasteiger partial charge in [0.15, 0.2) is 0 Å². The number of hydrogen-bond donors (Lipinski definition) is 1. The van der Waals surface area contributed by atoms with Crippen molar-refractivity contribution < 1.29 is 5.11 Å². The highest BCUT2D eigenvalue weighted by molar-refractivity contribution is 14.1. The molecule has 0 saturated carbocycles. The van der Waals surface area contributed by atoms with Crippen molar-refractivity contribution in [3.8, 4) is 0 Å². The van der Waals surface area contributed by atoms with E-state index in [1.54, 1.807) is 0 Å². The van der Waals surface area contributed by atoms with Gasteiger partial charge in [-0.25, -0.2) is 0 Å². The van der Waals surface area contributed by atoms with E-state index in [2.05, 4.69) is 51.2 Å². The molecule has 0 aliphatic rings. The standard InChI is InChI=1S/C8H8I2O/c1-5-2-6(4-11)8(10)7(9)3-5/h2-3,11H,4H2,1H3. The van der Waals surface area contributed by atoms with Crippen molar-refractivity contribution in [1.82, 2.24) is 0 Å². The number of aryl methyl sites for hydroxylation is 1. The van der Waals surface area contributed by atoms with Gasteiger partial charge in [-0.2, -0.15) is 0 Å². The average Bonchev–Trinajstić information content (AvgIpc) is 1.96. The van der Waals surface area contributed by atoms with Crippen molar-refractivity contribution >= 4 is 45.2 Å². The van der Waals surface area contributed by atoms with E-state index in [1.807, 2.05) is 13.0 Å². The van der Waals surface area contributed by atoms with Crippen LogP contribution in [0.25, 0.3) is 0 Å². The van der Waals surface area contributed by atoms with Gasteiger partial charge >= 0.3 is 0 Å². The minimum atomic E-state index is 0.135. The molecule has 1 nitrogen and oxygen atoms in total. The summed E-state index contributed by atoms with van der Waals surface area (Å²) in [7, 11) is 0. The predicted molar refractivity (Wildman–Crippen MR) is 62.5 cm³/mol. The summed E-state index contributed by atoms with van der Waals surface area (Å²) in [6, 6.07) is 4.13. The third-order valence-corrected chi connectivity index (χ3v) is 4.57. The van der Waals surface area contributed by atoms with E-state index in [0.29, 0.717) is 0 Å². The van der Waals surface area contributed by atoms with Gasteiger partial charge < -0.3 is 5.11 Å². The van der Waals surface area contributed by atoms with Gasteiger partial charge in [0.1, 0.15) is 0 Å². The molecule has 1 rings (SSSR count). The first-order valence-electron chi connectivity index (χ1n) is 3.20. The first-order chi connectivity index (χ1) is 5.15. The Kier molecular flexibility index (Phi) is 3.57. The summed E-state index contributed by atoms with van der Waals surface area (Å²) in [6.45, 7) is 2.17. The molecule has 0 unspecified atom stereocenters. The SMILES string of the molecule is Cc1cc(I)c(I)c(CO)c1. The molecular formula is C8H8I2O. The summed E-state index contributed by atoms with van der Waals surface area (Å²) in [5.74, 6) is 0. The molecule has 0 aliphatic heterocycles. The Morgan fingerprint density at radius 3 is 2.55 bits per heavy atom. The highest BCUT2D eigenvalue weighted by Gasteiger charge is 2.02. The van der Waals surface area contributed by atoms with Crippen molar-refractivity contribution in [1.29, 1.82) is 0 Å². The van der Waals surface area contributed by atoms with Gasteiger partial charge in [-0.3, -0.25) is 0 Å². The van der Waals surface area contributed by atoms with Gasteiger partial charge in [0.05, 0.1) is 6.61 Å². The highest BCUT2D eigenvalue weighted by Crippen LogP contribution is 2.21. The number of benzene rings is 1. The lowest BCUT2D eigenvalue weighted by Gasteiger charge is -2.04. The molecule has 0 fully saturated rings. The van der Waals surface area contributed by atoms with E-state index in [0.717, 1.165) is 9.13 Å². The van der Waals surface area contributed by atoms with Crippen LogP contribution in [0.15, 0.2) is 12.1 Å². The smallest absolute Gasteiger partial charge is 0.0692 e. The van der Waals surface area contributed by atoms with Gasteiger partial charge in [0, 0.05) is 7.14 Å². The lowest BCUT2D eigenvalue weighted by atomic mass is 10.1.